The van der Waals surface area contributed by atoms with Crippen LogP contribution in [-0.4, -0.2) is 26.8 Å². The lowest BCUT2D eigenvalue weighted by molar-refractivity contribution is 0.0475. The van der Waals surface area contributed by atoms with E-state index in [0.717, 1.165) is 10.4 Å². The molecule has 0 unspecified atom stereocenters. The maximum absolute atomic E-state index is 12.5. The van der Waals surface area contributed by atoms with Crippen molar-refractivity contribution in [3.63, 3.8) is 0 Å². The van der Waals surface area contributed by atoms with Crippen molar-refractivity contribution in [2.45, 2.75) is 18.7 Å². The lowest BCUT2D eigenvalue weighted by Crippen LogP contribution is -2.15. The normalized spacial score (nSPS) is 11.1. The second-order valence-corrected chi connectivity index (χ2v) is 9.38. The molecule has 0 saturated heterocycles. The molecule has 8 heteroatoms. The molecule has 0 fully saturated rings. The number of anilines is 1. The number of aryl methyl sites for hydroxylation is 2. The third-order valence-corrected chi connectivity index (χ3v) is 6.49. The van der Waals surface area contributed by atoms with Crippen LogP contribution in [0.15, 0.2) is 65.6 Å². The predicted octanol–water partition coefficient (Wildman–Crippen LogP) is 4.21. The molecule has 0 aliphatic carbocycles. The van der Waals surface area contributed by atoms with E-state index in [9.17, 15) is 18.0 Å². The van der Waals surface area contributed by atoms with Gasteiger partial charge in [-0.3, -0.25) is 9.52 Å². The molecule has 1 aromatic heterocycles. The fourth-order valence-corrected chi connectivity index (χ4v) is 4.33. The minimum Gasteiger partial charge on any atom is -0.454 e. The van der Waals surface area contributed by atoms with E-state index in [1.54, 1.807) is 30.3 Å². The number of hydrogen-bond acceptors (Lipinski definition) is 6. The van der Waals surface area contributed by atoms with Crippen molar-refractivity contribution >= 4 is 38.8 Å². The van der Waals surface area contributed by atoms with Gasteiger partial charge in [0.05, 0.1) is 15.3 Å². The van der Waals surface area contributed by atoms with Crippen LogP contribution >= 0.6 is 11.3 Å². The molecular formula is C21H19NO5S2. The average Bonchev–Trinajstić information content (AvgIpc) is 3.14. The summed E-state index contributed by atoms with van der Waals surface area (Å²) in [4.78, 5) is 25.7. The zero-order valence-electron chi connectivity index (χ0n) is 15.8. The van der Waals surface area contributed by atoms with Crippen molar-refractivity contribution in [1.82, 2.24) is 0 Å². The number of sulfonamides is 1. The lowest BCUT2D eigenvalue weighted by Gasteiger charge is -2.09. The highest BCUT2D eigenvalue weighted by Gasteiger charge is 2.17. The highest BCUT2D eigenvalue weighted by atomic mass is 32.2. The van der Waals surface area contributed by atoms with Gasteiger partial charge in [0.25, 0.3) is 10.0 Å². The van der Waals surface area contributed by atoms with Crippen molar-refractivity contribution in [1.29, 1.82) is 0 Å². The van der Waals surface area contributed by atoms with Crippen LogP contribution < -0.4 is 4.72 Å². The van der Waals surface area contributed by atoms with Crippen LogP contribution in [0.5, 0.6) is 0 Å². The van der Waals surface area contributed by atoms with Gasteiger partial charge in [-0.15, -0.1) is 11.3 Å². The van der Waals surface area contributed by atoms with Crippen LogP contribution in [0.1, 0.15) is 30.5 Å². The summed E-state index contributed by atoms with van der Waals surface area (Å²) in [7, 11) is -3.78. The van der Waals surface area contributed by atoms with Gasteiger partial charge in [0.1, 0.15) is 0 Å². The van der Waals surface area contributed by atoms with Gasteiger partial charge >= 0.3 is 5.97 Å². The van der Waals surface area contributed by atoms with Crippen LogP contribution in [0, 0.1) is 13.8 Å². The van der Waals surface area contributed by atoms with Crippen LogP contribution in [0.2, 0.25) is 0 Å². The molecule has 0 atom stereocenters. The van der Waals surface area contributed by atoms with Crippen molar-refractivity contribution in [2.75, 3.05) is 11.3 Å². The molecule has 0 spiro atoms. The second-order valence-electron chi connectivity index (χ2n) is 6.41. The summed E-state index contributed by atoms with van der Waals surface area (Å²) in [5.41, 5.74) is 1.62. The summed E-state index contributed by atoms with van der Waals surface area (Å²) < 4.78 is 32.5. The first-order valence-electron chi connectivity index (χ1n) is 8.71. The van der Waals surface area contributed by atoms with Gasteiger partial charge in [0.2, 0.25) is 5.78 Å². The van der Waals surface area contributed by atoms with E-state index in [-0.39, 0.29) is 22.8 Å². The van der Waals surface area contributed by atoms with E-state index in [2.05, 4.69) is 4.72 Å². The van der Waals surface area contributed by atoms with E-state index < -0.39 is 16.0 Å². The average molecular weight is 430 g/mol. The molecule has 3 rings (SSSR count). The maximum Gasteiger partial charge on any atom is 0.338 e. The molecule has 1 N–H and O–H groups in total. The Morgan fingerprint density at radius 3 is 2.17 bits per heavy atom. The van der Waals surface area contributed by atoms with E-state index in [1.807, 2.05) is 19.9 Å². The Bertz CT molecular complexity index is 1130. The largest absolute Gasteiger partial charge is 0.454 e. The van der Waals surface area contributed by atoms with Crippen LogP contribution in [-0.2, 0) is 14.8 Å². The van der Waals surface area contributed by atoms with E-state index in [4.69, 9.17) is 4.74 Å². The van der Waals surface area contributed by atoms with Crippen LogP contribution in [0.25, 0.3) is 0 Å². The van der Waals surface area contributed by atoms with E-state index >= 15 is 0 Å². The smallest absolute Gasteiger partial charge is 0.338 e. The molecular weight excluding hydrogens is 410 g/mol. The Morgan fingerprint density at radius 2 is 1.59 bits per heavy atom. The number of thiophene rings is 1. The minimum atomic E-state index is -3.78. The van der Waals surface area contributed by atoms with Gasteiger partial charge in [-0.1, -0.05) is 17.7 Å². The fraction of sp³-hybridized carbons (Fsp3) is 0.143. The van der Waals surface area contributed by atoms with Crippen molar-refractivity contribution < 1.29 is 22.7 Å². The van der Waals surface area contributed by atoms with Gasteiger partial charge < -0.3 is 4.74 Å². The summed E-state index contributed by atoms with van der Waals surface area (Å²) in [6, 6.07) is 15.8. The Hall–Kier alpha value is -2.97. The zero-order chi connectivity index (χ0) is 21.0. The van der Waals surface area contributed by atoms with E-state index in [1.165, 1.54) is 35.6 Å². The van der Waals surface area contributed by atoms with Crippen molar-refractivity contribution in [3.8, 4) is 0 Å². The molecule has 0 saturated carbocycles. The number of benzene rings is 2. The number of Topliss-reactive ketones (excluding diaryl/α,β-unsaturated/α-hetero) is 1. The molecule has 2 aromatic carbocycles. The number of nitrogens with one attached hydrogen (secondary N) is 1. The highest BCUT2D eigenvalue weighted by molar-refractivity contribution is 7.92. The van der Waals surface area contributed by atoms with Gasteiger partial charge in [0, 0.05) is 10.6 Å². The maximum atomic E-state index is 12.5. The molecule has 0 radical (unpaired) electrons. The fourth-order valence-electron chi connectivity index (χ4n) is 2.48. The van der Waals surface area contributed by atoms with Gasteiger partial charge in [-0.05, 0) is 62.4 Å². The number of ether oxygens (including phenoxy) is 1. The molecule has 150 valence electrons. The highest BCUT2D eigenvalue weighted by Crippen LogP contribution is 2.18. The third-order valence-electron chi connectivity index (χ3n) is 4.05. The first kappa shape index (κ1) is 20.8. The van der Waals surface area contributed by atoms with Gasteiger partial charge in [0.15, 0.2) is 6.61 Å². The quantitative estimate of drug-likeness (QED) is 0.449. The Morgan fingerprint density at radius 1 is 0.931 bits per heavy atom. The topological polar surface area (TPSA) is 89.5 Å². The molecule has 0 aliphatic heterocycles. The first-order chi connectivity index (χ1) is 13.7. The molecule has 6 nitrogen and oxygen atoms in total. The number of carbonyl (C=O) groups is 2. The SMILES string of the molecule is Cc1ccc(NS(=O)(=O)c2ccc(C(=O)OCC(=O)c3ccc(C)s3)cc2)cc1. The molecule has 29 heavy (non-hydrogen) atoms. The van der Waals surface area contributed by atoms with Crippen LogP contribution in [0.3, 0.4) is 0 Å². The van der Waals surface area contributed by atoms with Gasteiger partial charge in [-0.25, -0.2) is 13.2 Å². The summed E-state index contributed by atoms with van der Waals surface area (Å²) in [5, 5.41) is 0. The minimum absolute atomic E-state index is 0.0137. The Kier molecular flexibility index (Phi) is 6.14. The number of rotatable bonds is 7. The molecule has 1 heterocycles. The monoisotopic (exact) mass is 429 g/mol. The summed E-state index contributed by atoms with van der Waals surface area (Å²) in [6.45, 7) is 3.43. The zero-order valence-corrected chi connectivity index (χ0v) is 17.5. The number of esters is 1. The summed E-state index contributed by atoms with van der Waals surface area (Å²) in [6.07, 6.45) is 0. The summed E-state index contributed by atoms with van der Waals surface area (Å²) >= 11 is 1.33. The molecule has 3 aromatic rings. The number of hydrogen-bond donors (Lipinski definition) is 1. The number of ketones is 1. The summed E-state index contributed by atoms with van der Waals surface area (Å²) in [5.74, 6) is -0.972. The van der Waals surface area contributed by atoms with Crippen molar-refractivity contribution in [2.24, 2.45) is 0 Å². The second kappa shape index (κ2) is 8.59. The standard InChI is InChI=1S/C21H19NO5S2/c1-14-3-8-17(9-4-14)22-29(25,26)18-10-6-16(7-11-18)21(24)27-13-19(23)20-12-5-15(2)28-20/h3-12,22H,13H2,1-2H3. The predicted molar refractivity (Wildman–Crippen MR) is 112 cm³/mol. The Labute approximate surface area is 173 Å². The molecule has 0 amide bonds. The molecule has 0 aliphatic rings. The van der Waals surface area contributed by atoms with Crippen molar-refractivity contribution in [3.05, 3.63) is 81.5 Å². The number of carbonyl (C=O) groups excluding carboxylic acids is 2. The van der Waals surface area contributed by atoms with E-state index in [0.29, 0.717) is 10.6 Å². The third kappa shape index (κ3) is 5.30. The molecule has 0 bridgehead atoms. The van der Waals surface area contributed by atoms with Gasteiger partial charge in [-0.2, -0.15) is 0 Å². The lowest BCUT2D eigenvalue weighted by atomic mass is 10.2. The first-order valence-corrected chi connectivity index (χ1v) is 11.0. The van der Waals surface area contributed by atoms with Crippen LogP contribution in [0.4, 0.5) is 5.69 Å². The Balaban J connectivity index is 1.63.